The van der Waals surface area contributed by atoms with E-state index in [-0.39, 0.29) is 5.69 Å². The minimum atomic E-state index is -0.0622. The molecule has 176 valence electrons. The zero-order valence-corrected chi connectivity index (χ0v) is 19.7. The van der Waals surface area contributed by atoms with Gasteiger partial charge in [-0.25, -0.2) is 14.5 Å². The molecule has 0 unspecified atom stereocenters. The second-order valence-electron chi connectivity index (χ2n) is 7.97. The lowest BCUT2D eigenvalue weighted by atomic mass is 10.3. The molecule has 2 aromatic heterocycles. The number of rotatable bonds is 10. The molecular weight excluding hydrogens is 442 g/mol. The van der Waals surface area contributed by atoms with Crippen LogP contribution >= 0.6 is 11.6 Å². The molecule has 0 N–H and O–H groups in total. The molecule has 0 aliphatic carbocycles. The van der Waals surface area contributed by atoms with Crippen LogP contribution in [0.15, 0.2) is 47.5 Å². The van der Waals surface area contributed by atoms with Crippen LogP contribution in [0, 0.1) is 0 Å². The molecule has 0 spiro atoms. The fourth-order valence-electron chi connectivity index (χ4n) is 4.02. The van der Waals surface area contributed by atoms with Crippen LogP contribution in [0.5, 0.6) is 5.75 Å². The van der Waals surface area contributed by atoms with Gasteiger partial charge in [0.15, 0.2) is 0 Å². The first-order valence-electron chi connectivity index (χ1n) is 11.4. The summed E-state index contributed by atoms with van der Waals surface area (Å²) in [5.74, 6) is 2.42. The van der Waals surface area contributed by atoms with E-state index in [1.807, 2.05) is 37.3 Å². The molecule has 0 amide bonds. The van der Waals surface area contributed by atoms with Crippen LogP contribution in [0.2, 0.25) is 5.15 Å². The van der Waals surface area contributed by atoms with Crippen LogP contribution in [0.1, 0.15) is 19.2 Å². The Morgan fingerprint density at radius 1 is 1.03 bits per heavy atom. The second kappa shape index (κ2) is 11.3. The van der Waals surface area contributed by atoms with Crippen LogP contribution in [0.4, 0.5) is 5.82 Å². The first-order valence-corrected chi connectivity index (χ1v) is 11.8. The quantitative estimate of drug-likeness (QED) is 0.449. The van der Waals surface area contributed by atoms with Gasteiger partial charge in [0.1, 0.15) is 29.2 Å². The summed E-state index contributed by atoms with van der Waals surface area (Å²) in [5.41, 5.74) is -0.0622. The largest absolute Gasteiger partial charge is 0.492 e. The molecule has 9 nitrogen and oxygen atoms in total. The Balaban J connectivity index is 1.24. The number of ether oxygens (including phenoxy) is 1. The van der Waals surface area contributed by atoms with Gasteiger partial charge in [0, 0.05) is 45.7 Å². The van der Waals surface area contributed by atoms with Crippen molar-refractivity contribution in [2.75, 3.05) is 44.2 Å². The highest BCUT2D eigenvalue weighted by molar-refractivity contribution is 6.29. The van der Waals surface area contributed by atoms with Crippen molar-refractivity contribution in [3.8, 4) is 5.75 Å². The first kappa shape index (κ1) is 23.3. The van der Waals surface area contributed by atoms with E-state index in [2.05, 4.69) is 24.9 Å². The van der Waals surface area contributed by atoms with E-state index >= 15 is 0 Å². The summed E-state index contributed by atoms with van der Waals surface area (Å²) in [7, 11) is 0. The Bertz CT molecular complexity index is 1080. The fourth-order valence-corrected chi connectivity index (χ4v) is 4.16. The van der Waals surface area contributed by atoms with E-state index in [9.17, 15) is 4.79 Å². The molecular formula is C23H30ClN7O2. The van der Waals surface area contributed by atoms with Gasteiger partial charge < -0.3 is 9.64 Å². The minimum absolute atomic E-state index is 0.0622. The third-order valence-electron chi connectivity index (χ3n) is 5.78. The number of halogens is 1. The Kier molecular flexibility index (Phi) is 7.96. The SMILES string of the molecule is CCc1nn(CCCN2CCN(c3cncc(Cl)n3)CC2)c(=O)n1CCOc1ccccc1. The number of benzene rings is 1. The Morgan fingerprint density at radius 2 is 1.82 bits per heavy atom. The Hall–Kier alpha value is -2.91. The molecule has 4 rings (SSSR count). The number of aromatic nitrogens is 5. The van der Waals surface area contributed by atoms with Gasteiger partial charge in [-0.3, -0.25) is 14.5 Å². The van der Waals surface area contributed by atoms with Gasteiger partial charge in [-0.1, -0.05) is 36.7 Å². The van der Waals surface area contributed by atoms with Crippen molar-refractivity contribution in [1.29, 1.82) is 0 Å². The predicted molar refractivity (Wildman–Crippen MR) is 128 cm³/mol. The summed E-state index contributed by atoms with van der Waals surface area (Å²) in [6, 6.07) is 9.64. The van der Waals surface area contributed by atoms with Gasteiger partial charge in [0.05, 0.1) is 18.9 Å². The molecule has 1 fully saturated rings. The number of piperazine rings is 1. The summed E-state index contributed by atoms with van der Waals surface area (Å²) in [6.07, 6.45) is 4.88. The highest BCUT2D eigenvalue weighted by Crippen LogP contribution is 2.15. The number of aryl methyl sites for hydroxylation is 2. The Labute approximate surface area is 198 Å². The number of hydrogen-bond donors (Lipinski definition) is 0. The summed E-state index contributed by atoms with van der Waals surface area (Å²) < 4.78 is 9.08. The summed E-state index contributed by atoms with van der Waals surface area (Å²) in [4.78, 5) is 25.9. The van der Waals surface area contributed by atoms with Crippen LogP contribution in [-0.4, -0.2) is 68.5 Å². The third-order valence-corrected chi connectivity index (χ3v) is 5.96. The van der Waals surface area contributed by atoms with Gasteiger partial charge in [0.2, 0.25) is 0 Å². The summed E-state index contributed by atoms with van der Waals surface area (Å²) in [5, 5.41) is 4.97. The lowest BCUT2D eigenvalue weighted by Gasteiger charge is -2.35. The molecule has 0 bridgehead atoms. The molecule has 1 aromatic carbocycles. The molecule has 3 aromatic rings. The van der Waals surface area contributed by atoms with Crippen molar-refractivity contribution in [3.63, 3.8) is 0 Å². The van der Waals surface area contributed by atoms with Crippen molar-refractivity contribution < 1.29 is 4.74 Å². The maximum Gasteiger partial charge on any atom is 0.346 e. The maximum atomic E-state index is 12.9. The molecule has 33 heavy (non-hydrogen) atoms. The van der Waals surface area contributed by atoms with Crippen molar-refractivity contribution in [1.82, 2.24) is 29.2 Å². The molecule has 3 heterocycles. The Morgan fingerprint density at radius 3 is 2.55 bits per heavy atom. The first-order chi connectivity index (χ1) is 16.1. The number of hydrogen-bond acceptors (Lipinski definition) is 7. The van der Waals surface area contributed by atoms with Crippen LogP contribution in [0.25, 0.3) is 0 Å². The lowest BCUT2D eigenvalue weighted by molar-refractivity contribution is 0.247. The van der Waals surface area contributed by atoms with Gasteiger partial charge in [-0.2, -0.15) is 5.10 Å². The van der Waals surface area contributed by atoms with Crippen LogP contribution < -0.4 is 15.3 Å². The zero-order chi connectivity index (χ0) is 23.0. The lowest BCUT2D eigenvalue weighted by Crippen LogP contribution is -2.47. The van der Waals surface area contributed by atoms with E-state index in [1.54, 1.807) is 21.6 Å². The van der Waals surface area contributed by atoms with Gasteiger partial charge in [0.25, 0.3) is 0 Å². The highest BCUT2D eigenvalue weighted by atomic mass is 35.5. The fraction of sp³-hybridized carbons (Fsp3) is 0.478. The maximum absolute atomic E-state index is 12.9. The van der Waals surface area contributed by atoms with Gasteiger partial charge in [-0.05, 0) is 18.6 Å². The van der Waals surface area contributed by atoms with E-state index in [0.717, 1.165) is 56.5 Å². The average Bonchev–Trinajstić information content (AvgIpc) is 3.15. The molecule has 0 saturated carbocycles. The van der Waals surface area contributed by atoms with Gasteiger partial charge >= 0.3 is 5.69 Å². The molecule has 0 radical (unpaired) electrons. The normalized spacial score (nSPS) is 14.5. The van der Waals surface area contributed by atoms with Crippen molar-refractivity contribution in [2.45, 2.75) is 32.9 Å². The highest BCUT2D eigenvalue weighted by Gasteiger charge is 2.19. The smallest absolute Gasteiger partial charge is 0.346 e. The van der Waals surface area contributed by atoms with E-state index in [0.29, 0.717) is 31.3 Å². The zero-order valence-electron chi connectivity index (χ0n) is 18.9. The van der Waals surface area contributed by atoms with Crippen LogP contribution in [-0.2, 0) is 19.5 Å². The average molecular weight is 472 g/mol. The number of anilines is 1. The van der Waals surface area contributed by atoms with E-state index in [1.165, 1.54) is 0 Å². The molecule has 10 heteroatoms. The molecule has 1 aliphatic rings. The monoisotopic (exact) mass is 471 g/mol. The topological polar surface area (TPSA) is 81.3 Å². The molecule has 0 atom stereocenters. The number of nitrogens with zero attached hydrogens (tertiary/aromatic N) is 7. The minimum Gasteiger partial charge on any atom is -0.492 e. The van der Waals surface area contributed by atoms with Crippen molar-refractivity contribution in [3.05, 3.63) is 64.2 Å². The van der Waals surface area contributed by atoms with Crippen molar-refractivity contribution >= 4 is 17.4 Å². The molecule has 1 aliphatic heterocycles. The standard InChI is InChI=1S/C23H30ClN7O2/c1-2-21-27-31(23(32)30(21)15-16-33-19-7-4-3-5-8-19)10-6-9-28-11-13-29(14-12-28)22-18-25-17-20(24)26-22/h3-5,7-8,17-18H,2,6,9-16H2,1H3. The number of para-hydroxylation sites is 1. The second-order valence-corrected chi connectivity index (χ2v) is 8.36. The van der Waals surface area contributed by atoms with Gasteiger partial charge in [-0.15, -0.1) is 0 Å². The van der Waals surface area contributed by atoms with E-state index < -0.39 is 0 Å². The summed E-state index contributed by atoms with van der Waals surface area (Å²) in [6.45, 7) is 8.12. The third kappa shape index (κ3) is 6.11. The summed E-state index contributed by atoms with van der Waals surface area (Å²) >= 11 is 5.96. The predicted octanol–water partition coefficient (Wildman–Crippen LogP) is 2.34. The van der Waals surface area contributed by atoms with Crippen molar-refractivity contribution in [2.24, 2.45) is 0 Å². The molecule has 1 saturated heterocycles. The van der Waals surface area contributed by atoms with Crippen LogP contribution in [0.3, 0.4) is 0 Å². The van der Waals surface area contributed by atoms with E-state index in [4.69, 9.17) is 16.3 Å².